The molecule has 1 saturated heterocycles. The third-order valence-electron chi connectivity index (χ3n) is 4.32. The van der Waals surface area contributed by atoms with Crippen molar-refractivity contribution >= 4 is 5.97 Å². The molecule has 0 radical (unpaired) electrons. The van der Waals surface area contributed by atoms with Crippen LogP contribution in [-0.4, -0.2) is 46.9 Å². The SMILES string of the molecule is CC(=O)OCc1ccc(CN2CCCN(Cc3cccnc3)CC2)o1. The Balaban J connectivity index is 1.47. The quantitative estimate of drug-likeness (QED) is 0.751. The molecule has 134 valence electrons. The molecule has 0 bridgehead atoms. The molecule has 2 aromatic rings. The topological polar surface area (TPSA) is 58.8 Å². The summed E-state index contributed by atoms with van der Waals surface area (Å²) >= 11 is 0. The number of aromatic nitrogens is 1. The van der Waals surface area contributed by atoms with Crippen LogP contribution in [0.15, 0.2) is 41.1 Å². The average molecular weight is 343 g/mol. The summed E-state index contributed by atoms with van der Waals surface area (Å²) in [5, 5.41) is 0. The van der Waals surface area contributed by atoms with Gasteiger partial charge in [0, 0.05) is 39.0 Å². The molecule has 3 rings (SSSR count). The summed E-state index contributed by atoms with van der Waals surface area (Å²) in [4.78, 5) is 19.9. The van der Waals surface area contributed by atoms with Gasteiger partial charge in [0.2, 0.25) is 0 Å². The van der Waals surface area contributed by atoms with E-state index in [0.717, 1.165) is 51.4 Å². The zero-order valence-corrected chi connectivity index (χ0v) is 14.7. The van der Waals surface area contributed by atoms with Crippen molar-refractivity contribution in [3.63, 3.8) is 0 Å². The molecule has 3 heterocycles. The van der Waals surface area contributed by atoms with Crippen molar-refractivity contribution in [1.82, 2.24) is 14.8 Å². The van der Waals surface area contributed by atoms with Gasteiger partial charge in [0.05, 0.1) is 6.54 Å². The summed E-state index contributed by atoms with van der Waals surface area (Å²) in [6, 6.07) is 7.97. The molecule has 0 N–H and O–H groups in total. The molecule has 0 saturated carbocycles. The minimum absolute atomic E-state index is 0.203. The maximum Gasteiger partial charge on any atom is 0.303 e. The minimum atomic E-state index is -0.292. The Labute approximate surface area is 148 Å². The number of furan rings is 1. The Morgan fingerprint density at radius 3 is 2.60 bits per heavy atom. The van der Waals surface area contributed by atoms with Gasteiger partial charge in [0.25, 0.3) is 0 Å². The Morgan fingerprint density at radius 1 is 1.12 bits per heavy atom. The fraction of sp³-hybridized carbons (Fsp3) is 0.474. The van der Waals surface area contributed by atoms with Gasteiger partial charge in [-0.25, -0.2) is 0 Å². The zero-order valence-electron chi connectivity index (χ0n) is 14.7. The number of rotatable bonds is 6. The van der Waals surface area contributed by atoms with Crippen LogP contribution in [0.1, 0.15) is 30.4 Å². The van der Waals surface area contributed by atoms with Crippen molar-refractivity contribution in [2.75, 3.05) is 26.2 Å². The second kappa shape index (κ2) is 8.78. The van der Waals surface area contributed by atoms with E-state index in [9.17, 15) is 4.79 Å². The number of hydrogen-bond donors (Lipinski definition) is 0. The molecule has 0 unspecified atom stereocenters. The van der Waals surface area contributed by atoms with Crippen LogP contribution in [0.4, 0.5) is 0 Å². The molecule has 25 heavy (non-hydrogen) atoms. The number of pyridine rings is 1. The van der Waals surface area contributed by atoms with E-state index in [1.807, 2.05) is 30.6 Å². The van der Waals surface area contributed by atoms with Crippen molar-refractivity contribution in [2.24, 2.45) is 0 Å². The second-order valence-electron chi connectivity index (χ2n) is 6.42. The first-order chi connectivity index (χ1) is 12.2. The lowest BCUT2D eigenvalue weighted by molar-refractivity contribution is -0.142. The van der Waals surface area contributed by atoms with Gasteiger partial charge in [-0.05, 0) is 43.3 Å². The van der Waals surface area contributed by atoms with Gasteiger partial charge in [0.1, 0.15) is 18.1 Å². The Morgan fingerprint density at radius 2 is 1.88 bits per heavy atom. The first-order valence-electron chi connectivity index (χ1n) is 8.73. The third-order valence-corrected chi connectivity index (χ3v) is 4.32. The Bertz CT molecular complexity index is 672. The molecule has 0 aromatic carbocycles. The van der Waals surface area contributed by atoms with Crippen molar-refractivity contribution < 1.29 is 13.9 Å². The third kappa shape index (κ3) is 5.69. The number of esters is 1. The minimum Gasteiger partial charge on any atom is -0.461 e. The van der Waals surface area contributed by atoms with Crippen molar-refractivity contribution in [1.29, 1.82) is 0 Å². The maximum absolute atomic E-state index is 10.9. The lowest BCUT2D eigenvalue weighted by Crippen LogP contribution is -2.30. The molecule has 0 atom stereocenters. The summed E-state index contributed by atoms with van der Waals surface area (Å²) in [7, 11) is 0. The fourth-order valence-electron chi connectivity index (χ4n) is 3.07. The Hall–Kier alpha value is -2.18. The summed E-state index contributed by atoms with van der Waals surface area (Å²) in [5.41, 5.74) is 1.26. The van der Waals surface area contributed by atoms with E-state index in [-0.39, 0.29) is 12.6 Å². The predicted molar refractivity (Wildman–Crippen MR) is 93.6 cm³/mol. The van der Waals surface area contributed by atoms with Crippen LogP contribution in [0.25, 0.3) is 0 Å². The van der Waals surface area contributed by atoms with Gasteiger partial charge < -0.3 is 9.15 Å². The highest BCUT2D eigenvalue weighted by atomic mass is 16.5. The standard InChI is InChI=1S/C19H25N3O3/c1-16(23)24-15-19-6-5-18(25-19)14-22-9-3-8-21(10-11-22)13-17-4-2-7-20-12-17/h2,4-7,12H,3,8-11,13-15H2,1H3. The van der Waals surface area contributed by atoms with Crippen molar-refractivity contribution in [3.05, 3.63) is 53.7 Å². The summed E-state index contributed by atoms with van der Waals surface area (Å²) in [6.45, 7) is 7.56. The lowest BCUT2D eigenvalue weighted by atomic mass is 10.2. The average Bonchev–Trinajstić information content (AvgIpc) is 2.94. The predicted octanol–water partition coefficient (Wildman–Crippen LogP) is 2.45. The zero-order chi connectivity index (χ0) is 17.5. The molecule has 6 heteroatoms. The van der Waals surface area contributed by atoms with Gasteiger partial charge >= 0.3 is 5.97 Å². The van der Waals surface area contributed by atoms with Crippen LogP contribution in [0, 0.1) is 0 Å². The monoisotopic (exact) mass is 343 g/mol. The fourth-order valence-corrected chi connectivity index (χ4v) is 3.07. The summed E-state index contributed by atoms with van der Waals surface area (Å²) < 4.78 is 10.7. The molecule has 1 aliphatic heterocycles. The smallest absolute Gasteiger partial charge is 0.303 e. The van der Waals surface area contributed by atoms with E-state index in [1.165, 1.54) is 12.5 Å². The van der Waals surface area contributed by atoms with E-state index >= 15 is 0 Å². The van der Waals surface area contributed by atoms with Crippen LogP contribution in [0.2, 0.25) is 0 Å². The van der Waals surface area contributed by atoms with Crippen LogP contribution in [0.3, 0.4) is 0 Å². The first-order valence-corrected chi connectivity index (χ1v) is 8.73. The highest BCUT2D eigenvalue weighted by molar-refractivity contribution is 5.65. The van der Waals surface area contributed by atoms with Crippen LogP contribution in [-0.2, 0) is 29.2 Å². The van der Waals surface area contributed by atoms with Gasteiger partial charge in [-0.15, -0.1) is 0 Å². The molecule has 1 fully saturated rings. The molecular weight excluding hydrogens is 318 g/mol. The van der Waals surface area contributed by atoms with Gasteiger partial charge in [0.15, 0.2) is 0 Å². The molecular formula is C19H25N3O3. The highest BCUT2D eigenvalue weighted by Crippen LogP contribution is 2.14. The second-order valence-corrected chi connectivity index (χ2v) is 6.42. The number of hydrogen-bond acceptors (Lipinski definition) is 6. The van der Waals surface area contributed by atoms with Crippen LogP contribution in [0.5, 0.6) is 0 Å². The Kier molecular flexibility index (Phi) is 6.19. The summed E-state index contributed by atoms with van der Waals surface area (Å²) in [6.07, 6.45) is 4.89. The lowest BCUT2D eigenvalue weighted by Gasteiger charge is -2.21. The van der Waals surface area contributed by atoms with E-state index in [2.05, 4.69) is 20.9 Å². The normalized spacial score (nSPS) is 16.5. The van der Waals surface area contributed by atoms with Gasteiger partial charge in [-0.2, -0.15) is 0 Å². The van der Waals surface area contributed by atoms with E-state index < -0.39 is 0 Å². The van der Waals surface area contributed by atoms with E-state index in [0.29, 0.717) is 5.76 Å². The first kappa shape index (κ1) is 17.6. The number of nitrogens with zero attached hydrogens (tertiary/aromatic N) is 3. The number of carbonyl (C=O) groups excluding carboxylic acids is 1. The van der Waals surface area contributed by atoms with Crippen molar-refractivity contribution in [2.45, 2.75) is 33.0 Å². The summed E-state index contributed by atoms with van der Waals surface area (Å²) in [5.74, 6) is 1.32. The maximum atomic E-state index is 10.9. The number of ether oxygens (including phenoxy) is 1. The van der Waals surface area contributed by atoms with Gasteiger partial charge in [-0.1, -0.05) is 6.07 Å². The molecule has 0 aliphatic carbocycles. The van der Waals surface area contributed by atoms with Gasteiger partial charge in [-0.3, -0.25) is 19.6 Å². The largest absolute Gasteiger partial charge is 0.461 e. The molecule has 0 amide bonds. The van der Waals surface area contributed by atoms with E-state index in [1.54, 1.807) is 0 Å². The highest BCUT2D eigenvalue weighted by Gasteiger charge is 2.16. The van der Waals surface area contributed by atoms with E-state index in [4.69, 9.17) is 9.15 Å². The van der Waals surface area contributed by atoms with Crippen LogP contribution < -0.4 is 0 Å². The molecule has 0 spiro atoms. The molecule has 2 aromatic heterocycles. The number of carbonyl (C=O) groups is 1. The molecule has 1 aliphatic rings. The molecule has 6 nitrogen and oxygen atoms in total. The van der Waals surface area contributed by atoms with Crippen LogP contribution >= 0.6 is 0 Å². The van der Waals surface area contributed by atoms with Crippen molar-refractivity contribution in [3.8, 4) is 0 Å².